The zero-order valence-electron chi connectivity index (χ0n) is 15.2. The van der Waals surface area contributed by atoms with Gasteiger partial charge in [0.1, 0.15) is 0 Å². The smallest absolute Gasteiger partial charge is 0.312 e. The monoisotopic (exact) mass is 400 g/mol. The van der Waals surface area contributed by atoms with Crippen LogP contribution in [0, 0.1) is 0 Å². The third-order valence-corrected chi connectivity index (χ3v) is 5.13. The molecular weight excluding hydrogens is 380 g/mol. The second-order valence-electron chi connectivity index (χ2n) is 6.36. The van der Waals surface area contributed by atoms with Crippen LogP contribution >= 0.6 is 11.3 Å². The van der Waals surface area contributed by atoms with Crippen LogP contribution in [-0.4, -0.2) is 54.2 Å². The Bertz CT molecular complexity index is 931. The maximum atomic E-state index is 12.0. The van der Waals surface area contributed by atoms with E-state index in [2.05, 4.69) is 15.2 Å². The third-order valence-electron chi connectivity index (χ3n) is 4.36. The van der Waals surface area contributed by atoms with Crippen molar-refractivity contribution in [2.75, 3.05) is 43.1 Å². The van der Waals surface area contributed by atoms with Gasteiger partial charge in [-0.15, -0.1) is 11.3 Å². The fourth-order valence-electron chi connectivity index (χ4n) is 2.98. The van der Waals surface area contributed by atoms with Gasteiger partial charge in [0, 0.05) is 42.2 Å². The molecule has 1 aromatic carbocycles. The summed E-state index contributed by atoms with van der Waals surface area (Å²) >= 11 is 1.49. The molecule has 1 N–H and O–H groups in total. The molecule has 4 rings (SSSR count). The van der Waals surface area contributed by atoms with Gasteiger partial charge in [-0.1, -0.05) is 0 Å². The Morgan fingerprint density at radius 2 is 2.00 bits per heavy atom. The summed E-state index contributed by atoms with van der Waals surface area (Å²) in [5.41, 5.74) is 2.37. The number of ether oxygens (including phenoxy) is 2. The number of aromatic nitrogens is 2. The first-order valence-corrected chi connectivity index (χ1v) is 9.85. The van der Waals surface area contributed by atoms with Gasteiger partial charge < -0.3 is 19.7 Å². The minimum Gasteiger partial charge on any atom is -0.455 e. The van der Waals surface area contributed by atoms with Crippen molar-refractivity contribution < 1.29 is 19.1 Å². The highest BCUT2D eigenvalue weighted by Gasteiger charge is 2.13. The van der Waals surface area contributed by atoms with Gasteiger partial charge in [-0.2, -0.15) is 0 Å². The summed E-state index contributed by atoms with van der Waals surface area (Å²) in [5, 5.41) is 4.65. The van der Waals surface area contributed by atoms with Gasteiger partial charge in [-0.25, -0.2) is 4.98 Å². The number of amides is 1. The van der Waals surface area contributed by atoms with Crippen molar-refractivity contribution >= 4 is 39.5 Å². The van der Waals surface area contributed by atoms with Crippen molar-refractivity contribution in [1.29, 1.82) is 0 Å². The van der Waals surface area contributed by atoms with Crippen molar-refractivity contribution in [3.05, 3.63) is 47.7 Å². The van der Waals surface area contributed by atoms with Crippen LogP contribution in [-0.2, 0) is 25.5 Å². The van der Waals surface area contributed by atoms with Gasteiger partial charge in [0.2, 0.25) is 0 Å². The number of benzene rings is 1. The number of nitrogens with one attached hydrogen (secondary N) is 1. The molecule has 3 aromatic rings. The van der Waals surface area contributed by atoms with Gasteiger partial charge in [0.25, 0.3) is 5.91 Å². The number of nitrogens with zero attached hydrogens (tertiary/aromatic N) is 3. The summed E-state index contributed by atoms with van der Waals surface area (Å²) < 4.78 is 12.2. The van der Waals surface area contributed by atoms with E-state index < -0.39 is 5.97 Å². The predicted molar refractivity (Wildman–Crippen MR) is 106 cm³/mol. The van der Waals surface area contributed by atoms with Crippen LogP contribution in [0.25, 0.3) is 4.96 Å². The van der Waals surface area contributed by atoms with Gasteiger partial charge in [0.15, 0.2) is 11.6 Å². The maximum Gasteiger partial charge on any atom is 0.312 e. The molecule has 0 spiro atoms. The molecule has 0 bridgehead atoms. The Kier molecular flexibility index (Phi) is 5.54. The molecule has 1 fully saturated rings. The first kappa shape index (κ1) is 18.5. The molecule has 3 heterocycles. The van der Waals surface area contributed by atoms with Crippen molar-refractivity contribution in [3.8, 4) is 0 Å². The minimum absolute atomic E-state index is 0.0376. The Labute approximate surface area is 165 Å². The van der Waals surface area contributed by atoms with Crippen LogP contribution in [0.2, 0.25) is 0 Å². The van der Waals surface area contributed by atoms with Crippen LogP contribution in [0.4, 0.5) is 11.4 Å². The second kappa shape index (κ2) is 8.41. The SMILES string of the molecule is O=C(COC(=O)Cc1cn2ccsc2n1)Nc1ccc(N2CCOCC2)cc1. The Morgan fingerprint density at radius 1 is 1.21 bits per heavy atom. The molecule has 146 valence electrons. The number of imidazole rings is 1. The summed E-state index contributed by atoms with van der Waals surface area (Å²) in [5.74, 6) is -0.859. The summed E-state index contributed by atoms with van der Waals surface area (Å²) in [7, 11) is 0. The van der Waals surface area contributed by atoms with E-state index in [1.165, 1.54) is 11.3 Å². The molecule has 9 heteroatoms. The molecule has 0 saturated carbocycles. The number of carbonyl (C=O) groups is 2. The van der Waals surface area contributed by atoms with E-state index in [0.717, 1.165) is 37.0 Å². The topological polar surface area (TPSA) is 85.2 Å². The average molecular weight is 400 g/mol. The quantitative estimate of drug-likeness (QED) is 0.637. The van der Waals surface area contributed by atoms with Crippen LogP contribution in [0.15, 0.2) is 42.0 Å². The fraction of sp³-hybridized carbons (Fsp3) is 0.316. The number of esters is 1. The molecule has 1 amide bonds. The maximum absolute atomic E-state index is 12.0. The highest BCUT2D eigenvalue weighted by atomic mass is 32.1. The number of thiazole rings is 1. The van der Waals surface area contributed by atoms with Crippen LogP contribution in [0.1, 0.15) is 5.69 Å². The van der Waals surface area contributed by atoms with Gasteiger partial charge in [-0.3, -0.25) is 14.0 Å². The molecule has 0 aliphatic carbocycles. The van der Waals surface area contributed by atoms with Crippen molar-refractivity contribution in [2.45, 2.75) is 6.42 Å². The zero-order valence-corrected chi connectivity index (χ0v) is 16.0. The number of hydrogen-bond donors (Lipinski definition) is 1. The largest absolute Gasteiger partial charge is 0.455 e. The average Bonchev–Trinajstić information content (AvgIpc) is 3.29. The van der Waals surface area contributed by atoms with E-state index in [-0.39, 0.29) is 18.9 Å². The van der Waals surface area contributed by atoms with Crippen LogP contribution in [0.5, 0.6) is 0 Å². The number of morpholine rings is 1. The van der Waals surface area contributed by atoms with E-state index in [1.54, 1.807) is 6.20 Å². The second-order valence-corrected chi connectivity index (χ2v) is 7.23. The van der Waals surface area contributed by atoms with E-state index >= 15 is 0 Å². The zero-order chi connectivity index (χ0) is 19.3. The standard InChI is InChI=1S/C19H20N4O4S/c24-17(13-27-18(25)11-15-12-23-7-10-28-19(23)21-15)20-14-1-3-16(4-2-14)22-5-8-26-9-6-22/h1-4,7,10,12H,5-6,8-9,11,13H2,(H,20,24). The molecule has 1 aliphatic heterocycles. The molecular formula is C19H20N4O4S. The molecule has 0 atom stereocenters. The van der Waals surface area contributed by atoms with Gasteiger partial charge >= 0.3 is 5.97 Å². The van der Waals surface area contributed by atoms with Gasteiger partial charge in [0.05, 0.1) is 25.3 Å². The number of hydrogen-bond acceptors (Lipinski definition) is 7. The molecule has 28 heavy (non-hydrogen) atoms. The lowest BCUT2D eigenvalue weighted by molar-refractivity contribution is -0.146. The van der Waals surface area contributed by atoms with Crippen molar-refractivity contribution in [2.24, 2.45) is 0 Å². The lowest BCUT2D eigenvalue weighted by atomic mass is 10.2. The Morgan fingerprint density at radius 3 is 2.75 bits per heavy atom. The van der Waals surface area contributed by atoms with E-state index in [0.29, 0.717) is 11.4 Å². The fourth-order valence-corrected chi connectivity index (χ4v) is 3.70. The first-order chi connectivity index (χ1) is 13.7. The molecule has 8 nitrogen and oxygen atoms in total. The van der Waals surface area contributed by atoms with Crippen molar-refractivity contribution in [1.82, 2.24) is 9.38 Å². The van der Waals surface area contributed by atoms with Crippen LogP contribution in [0.3, 0.4) is 0 Å². The third kappa shape index (κ3) is 4.49. The summed E-state index contributed by atoms with van der Waals surface area (Å²) in [4.78, 5) is 31.3. The van der Waals surface area contributed by atoms with E-state index in [1.807, 2.05) is 40.2 Å². The normalized spacial score (nSPS) is 14.2. The molecule has 0 radical (unpaired) electrons. The lowest BCUT2D eigenvalue weighted by Crippen LogP contribution is -2.36. The van der Waals surface area contributed by atoms with E-state index in [9.17, 15) is 9.59 Å². The molecule has 1 aliphatic rings. The molecule has 2 aromatic heterocycles. The summed E-state index contributed by atoms with van der Waals surface area (Å²) in [6.07, 6.45) is 3.69. The lowest BCUT2D eigenvalue weighted by Gasteiger charge is -2.28. The first-order valence-electron chi connectivity index (χ1n) is 8.97. The number of carbonyl (C=O) groups excluding carboxylic acids is 2. The number of anilines is 2. The minimum atomic E-state index is -0.483. The van der Waals surface area contributed by atoms with Gasteiger partial charge in [-0.05, 0) is 24.3 Å². The summed E-state index contributed by atoms with van der Waals surface area (Å²) in [6.45, 7) is 2.83. The highest BCUT2D eigenvalue weighted by Crippen LogP contribution is 2.19. The summed E-state index contributed by atoms with van der Waals surface area (Å²) in [6, 6.07) is 7.58. The highest BCUT2D eigenvalue weighted by molar-refractivity contribution is 7.15. The Hall–Kier alpha value is -2.91. The number of fused-ring (bicyclic) bond motifs is 1. The van der Waals surface area contributed by atoms with Crippen molar-refractivity contribution in [3.63, 3.8) is 0 Å². The Balaban J connectivity index is 1.23. The molecule has 1 saturated heterocycles. The van der Waals surface area contributed by atoms with Crippen LogP contribution < -0.4 is 10.2 Å². The number of rotatable bonds is 6. The van der Waals surface area contributed by atoms with E-state index in [4.69, 9.17) is 9.47 Å². The predicted octanol–water partition coefficient (Wildman–Crippen LogP) is 1.96. The molecule has 0 unspecified atom stereocenters.